The molecule has 2 N–H and O–H groups in total. The first-order valence-electron chi connectivity index (χ1n) is 7.96. The van der Waals surface area contributed by atoms with E-state index in [2.05, 4.69) is 5.43 Å². The topological polar surface area (TPSA) is 118 Å². The summed E-state index contributed by atoms with van der Waals surface area (Å²) in [6.07, 6.45) is 3.12. The SMILES string of the molecule is O=C(C=Cc1ccco1)NNC(=O)OCCN1C(=O)c2ccccc2C1=O. The zero-order chi connectivity index (χ0) is 19.2. The van der Waals surface area contributed by atoms with Crippen LogP contribution in [0.1, 0.15) is 26.5 Å². The molecule has 2 aromatic rings. The lowest BCUT2D eigenvalue weighted by molar-refractivity contribution is -0.117. The molecule has 138 valence electrons. The quantitative estimate of drug-likeness (QED) is 0.467. The van der Waals surface area contributed by atoms with E-state index in [4.69, 9.17) is 9.15 Å². The van der Waals surface area contributed by atoms with Crippen molar-refractivity contribution in [2.24, 2.45) is 0 Å². The van der Waals surface area contributed by atoms with E-state index in [1.165, 1.54) is 12.3 Å². The molecule has 0 saturated heterocycles. The molecule has 0 atom stereocenters. The van der Waals surface area contributed by atoms with E-state index in [9.17, 15) is 19.2 Å². The highest BCUT2D eigenvalue weighted by Crippen LogP contribution is 2.21. The summed E-state index contributed by atoms with van der Waals surface area (Å²) in [4.78, 5) is 48.4. The lowest BCUT2D eigenvalue weighted by atomic mass is 10.1. The molecule has 3 rings (SSSR count). The van der Waals surface area contributed by atoms with E-state index in [1.807, 2.05) is 5.43 Å². The molecule has 0 saturated carbocycles. The second kappa shape index (κ2) is 8.00. The third-order valence-corrected chi connectivity index (χ3v) is 3.66. The monoisotopic (exact) mass is 369 g/mol. The van der Waals surface area contributed by atoms with Crippen LogP contribution >= 0.6 is 0 Å². The fourth-order valence-electron chi connectivity index (χ4n) is 2.41. The first kappa shape index (κ1) is 17.9. The minimum Gasteiger partial charge on any atom is -0.465 e. The minimum atomic E-state index is -0.925. The number of imide groups is 1. The minimum absolute atomic E-state index is 0.0912. The number of furan rings is 1. The maximum absolute atomic E-state index is 12.1. The molecule has 27 heavy (non-hydrogen) atoms. The fourth-order valence-corrected chi connectivity index (χ4v) is 2.41. The molecule has 0 fully saturated rings. The average Bonchev–Trinajstić information content (AvgIpc) is 3.28. The van der Waals surface area contributed by atoms with E-state index >= 15 is 0 Å². The number of rotatable bonds is 5. The molecular weight excluding hydrogens is 354 g/mol. The van der Waals surface area contributed by atoms with E-state index < -0.39 is 23.8 Å². The first-order valence-corrected chi connectivity index (χ1v) is 7.96. The average molecular weight is 369 g/mol. The number of carbonyl (C=O) groups excluding carboxylic acids is 4. The van der Waals surface area contributed by atoms with Gasteiger partial charge in [-0.2, -0.15) is 0 Å². The molecular formula is C18H15N3O6. The van der Waals surface area contributed by atoms with Crippen molar-refractivity contribution in [3.8, 4) is 0 Å². The van der Waals surface area contributed by atoms with Gasteiger partial charge < -0.3 is 9.15 Å². The number of hydrogen-bond donors (Lipinski definition) is 2. The third kappa shape index (κ3) is 4.21. The van der Waals surface area contributed by atoms with Gasteiger partial charge in [0.05, 0.1) is 23.9 Å². The van der Waals surface area contributed by atoms with Crippen LogP contribution in [-0.4, -0.2) is 41.9 Å². The van der Waals surface area contributed by atoms with Gasteiger partial charge >= 0.3 is 6.09 Å². The van der Waals surface area contributed by atoms with Gasteiger partial charge in [-0.25, -0.2) is 10.2 Å². The van der Waals surface area contributed by atoms with Crippen LogP contribution < -0.4 is 10.9 Å². The highest BCUT2D eigenvalue weighted by molar-refractivity contribution is 6.21. The predicted octanol–water partition coefficient (Wildman–Crippen LogP) is 1.35. The molecule has 0 radical (unpaired) electrons. The summed E-state index contributed by atoms with van der Waals surface area (Å²) >= 11 is 0. The molecule has 0 spiro atoms. The van der Waals surface area contributed by atoms with Gasteiger partial charge in [-0.15, -0.1) is 0 Å². The van der Waals surface area contributed by atoms with Crippen LogP contribution in [0.2, 0.25) is 0 Å². The molecule has 1 aliphatic rings. The maximum atomic E-state index is 12.1. The Bertz CT molecular complexity index is 869. The lowest BCUT2D eigenvalue weighted by Gasteiger charge is -2.14. The van der Waals surface area contributed by atoms with Crippen molar-refractivity contribution in [3.05, 3.63) is 65.6 Å². The second-order valence-corrected chi connectivity index (χ2v) is 5.41. The Hall–Kier alpha value is -3.88. The molecule has 0 unspecified atom stereocenters. The number of amides is 4. The Morgan fingerprint density at radius 1 is 1.04 bits per heavy atom. The Kier molecular flexibility index (Phi) is 5.31. The number of carbonyl (C=O) groups is 4. The molecule has 1 aromatic carbocycles. The number of ether oxygens (including phenoxy) is 1. The lowest BCUT2D eigenvalue weighted by Crippen LogP contribution is -2.42. The number of benzene rings is 1. The molecule has 9 heteroatoms. The Morgan fingerprint density at radius 3 is 2.37 bits per heavy atom. The van der Waals surface area contributed by atoms with Crippen molar-refractivity contribution in [1.29, 1.82) is 0 Å². The standard InChI is InChI=1S/C18H15N3O6/c22-15(8-7-12-4-3-10-26-12)19-20-18(25)27-11-9-21-16(23)13-5-1-2-6-14(13)17(21)24/h1-8,10H,9,11H2,(H,19,22)(H,20,25). The van der Waals surface area contributed by atoms with Crippen LogP contribution in [0, 0.1) is 0 Å². The van der Waals surface area contributed by atoms with Crippen molar-refractivity contribution < 1.29 is 28.3 Å². The number of fused-ring (bicyclic) bond motifs is 1. The molecule has 1 aromatic heterocycles. The highest BCUT2D eigenvalue weighted by Gasteiger charge is 2.34. The van der Waals surface area contributed by atoms with E-state index in [0.717, 1.165) is 11.0 Å². The van der Waals surface area contributed by atoms with Gasteiger partial charge in [0.2, 0.25) is 0 Å². The van der Waals surface area contributed by atoms with Crippen LogP contribution in [0.3, 0.4) is 0 Å². The van der Waals surface area contributed by atoms with Gasteiger partial charge in [0.1, 0.15) is 12.4 Å². The number of hydrazine groups is 1. The maximum Gasteiger partial charge on any atom is 0.426 e. The van der Waals surface area contributed by atoms with Crippen molar-refractivity contribution >= 4 is 29.9 Å². The van der Waals surface area contributed by atoms with Crippen LogP contribution in [0.4, 0.5) is 4.79 Å². The van der Waals surface area contributed by atoms with Crippen LogP contribution in [0.5, 0.6) is 0 Å². The summed E-state index contributed by atoms with van der Waals surface area (Å²) in [5, 5.41) is 0. The molecule has 0 bridgehead atoms. The zero-order valence-corrected chi connectivity index (χ0v) is 14.0. The number of hydrogen-bond acceptors (Lipinski definition) is 6. The fraction of sp³-hybridized carbons (Fsp3) is 0.111. The van der Waals surface area contributed by atoms with Gasteiger partial charge in [-0.1, -0.05) is 12.1 Å². The van der Waals surface area contributed by atoms with Crippen molar-refractivity contribution in [2.75, 3.05) is 13.2 Å². The summed E-state index contributed by atoms with van der Waals surface area (Å²) in [5.74, 6) is -0.982. The molecule has 9 nitrogen and oxygen atoms in total. The van der Waals surface area contributed by atoms with Crippen LogP contribution in [0.15, 0.2) is 53.2 Å². The first-order chi connectivity index (χ1) is 13.1. The van der Waals surface area contributed by atoms with Crippen LogP contribution in [-0.2, 0) is 9.53 Å². The number of nitrogens with zero attached hydrogens (tertiary/aromatic N) is 1. The molecule has 0 aliphatic carbocycles. The Balaban J connectivity index is 1.39. The second-order valence-electron chi connectivity index (χ2n) is 5.41. The molecule has 1 aliphatic heterocycles. The van der Waals surface area contributed by atoms with Crippen LogP contribution in [0.25, 0.3) is 6.08 Å². The normalized spacial score (nSPS) is 13.0. The third-order valence-electron chi connectivity index (χ3n) is 3.66. The molecule has 4 amide bonds. The van der Waals surface area contributed by atoms with Crippen molar-refractivity contribution in [1.82, 2.24) is 15.8 Å². The summed E-state index contributed by atoms with van der Waals surface area (Å²) in [5.41, 5.74) is 4.81. The van der Waals surface area contributed by atoms with E-state index in [-0.39, 0.29) is 13.2 Å². The highest BCUT2D eigenvalue weighted by atomic mass is 16.6. The largest absolute Gasteiger partial charge is 0.465 e. The number of nitrogens with one attached hydrogen (secondary N) is 2. The Morgan fingerprint density at radius 2 is 1.74 bits per heavy atom. The van der Waals surface area contributed by atoms with Gasteiger partial charge in [0.25, 0.3) is 17.7 Å². The summed E-state index contributed by atoms with van der Waals surface area (Å²) < 4.78 is 9.86. The summed E-state index contributed by atoms with van der Waals surface area (Å²) in [6, 6.07) is 9.79. The predicted molar refractivity (Wildman–Crippen MR) is 92.2 cm³/mol. The smallest absolute Gasteiger partial charge is 0.426 e. The summed E-state index contributed by atoms with van der Waals surface area (Å²) in [6.45, 7) is -0.304. The zero-order valence-electron chi connectivity index (χ0n) is 14.0. The Labute approximate surface area is 153 Å². The van der Waals surface area contributed by atoms with Crippen molar-refractivity contribution in [3.63, 3.8) is 0 Å². The van der Waals surface area contributed by atoms with E-state index in [0.29, 0.717) is 16.9 Å². The molecule has 2 heterocycles. The van der Waals surface area contributed by atoms with Gasteiger partial charge in [-0.3, -0.25) is 24.7 Å². The van der Waals surface area contributed by atoms with Gasteiger partial charge in [0, 0.05) is 6.08 Å². The van der Waals surface area contributed by atoms with Gasteiger partial charge in [-0.05, 0) is 30.3 Å². The summed E-state index contributed by atoms with van der Waals surface area (Å²) in [7, 11) is 0. The van der Waals surface area contributed by atoms with Crippen molar-refractivity contribution in [2.45, 2.75) is 0 Å². The van der Waals surface area contributed by atoms with Gasteiger partial charge in [0.15, 0.2) is 0 Å². The van der Waals surface area contributed by atoms with E-state index in [1.54, 1.807) is 36.4 Å².